The number of rotatable bonds is 5. The number of nitrogens with two attached hydrogens (primary N) is 3. The molecule has 13 heavy (non-hydrogen) atoms. The Kier molecular flexibility index (Phi) is 2.13. The fourth-order valence-corrected chi connectivity index (χ4v) is 0.296. The van der Waals surface area contributed by atoms with Crippen molar-refractivity contribution >= 4 is 11.9 Å². The quantitative estimate of drug-likeness (QED) is 0.242. The lowest BCUT2D eigenvalue weighted by atomic mass is 10.2. The Morgan fingerprint density at radius 3 is 2.77 bits per heavy atom. The number of carbonyl (C=O) groups is 1. The molecule has 0 amide bonds. The first-order chi connectivity index (χ1) is 8.34. The number of carboxylic acid groups (broad SMARTS) is 1. The third-order valence-corrected chi connectivity index (χ3v) is 0.797. The van der Waals surface area contributed by atoms with E-state index < -0.39 is 42.9 Å². The number of nitrogens with zero attached hydrogens (tertiary/aromatic N) is 1. The number of hydrogen-bond donors (Lipinski definition) is 4. The third kappa shape index (κ3) is 6.82. The Bertz CT molecular complexity index is 431. The molecule has 1 unspecified atom stereocenters. The highest BCUT2D eigenvalue weighted by Gasteiger charge is 2.07. The molecule has 0 aromatic heterocycles. The second-order valence-electron chi connectivity index (χ2n) is 1.86. The Balaban J connectivity index is 5.71. The van der Waals surface area contributed by atoms with E-state index in [1.54, 1.807) is 0 Å². The van der Waals surface area contributed by atoms with Crippen LogP contribution in [0.2, 0.25) is 0 Å². The monoisotopic (exact) mass is 192 g/mol. The molecule has 0 aliphatic heterocycles. The molecule has 0 aliphatic carbocycles. The van der Waals surface area contributed by atoms with E-state index in [9.17, 15) is 4.79 Å². The molecule has 0 aromatic carbocycles. The van der Waals surface area contributed by atoms with E-state index in [-0.39, 0.29) is 0 Å². The van der Waals surface area contributed by atoms with Crippen molar-refractivity contribution in [1.29, 1.82) is 0 Å². The summed E-state index contributed by atoms with van der Waals surface area (Å²) >= 11 is 0. The first-order valence-electron chi connectivity index (χ1n) is 6.11. The molecule has 0 aromatic rings. The minimum absolute atomic E-state index is 0.703. The second kappa shape index (κ2) is 6.01. The Labute approximate surface area is 84.5 Å². The van der Waals surface area contributed by atoms with E-state index in [1.807, 2.05) is 0 Å². The summed E-state index contributed by atoms with van der Waals surface area (Å²) in [7, 11) is 0. The average molecular weight is 192 g/mol. The largest absolute Gasteiger partial charge is 0.480 e. The highest BCUT2D eigenvalue weighted by Crippen LogP contribution is 1.90. The van der Waals surface area contributed by atoms with Gasteiger partial charge in [0.15, 0.2) is 5.96 Å². The molecule has 0 rings (SSSR count). The molecule has 7 N–H and O–H groups in total. The van der Waals surface area contributed by atoms with Crippen LogP contribution in [0.25, 0.3) is 0 Å². The van der Waals surface area contributed by atoms with Crippen LogP contribution in [-0.4, -0.2) is 29.6 Å². The minimum atomic E-state index is -2.95. The van der Waals surface area contributed by atoms with Crippen molar-refractivity contribution in [2.75, 3.05) is 6.50 Å². The first-order valence-corrected chi connectivity index (χ1v) is 3.11. The Morgan fingerprint density at radius 1 is 1.69 bits per heavy atom. The predicted octanol–water partition coefficient (Wildman–Crippen LogP) is -1.38. The smallest absolute Gasteiger partial charge is 0.320 e. The van der Waals surface area contributed by atoms with Crippen LogP contribution < -0.4 is 17.2 Å². The maximum atomic E-state index is 10.6. The van der Waals surface area contributed by atoms with Crippen molar-refractivity contribution in [2.24, 2.45) is 22.2 Å². The van der Waals surface area contributed by atoms with E-state index in [0.717, 1.165) is 0 Å². The van der Waals surface area contributed by atoms with Crippen molar-refractivity contribution in [3.8, 4) is 0 Å². The van der Waals surface area contributed by atoms with Crippen molar-refractivity contribution in [2.45, 2.75) is 12.4 Å². The lowest BCUT2D eigenvalue weighted by Crippen LogP contribution is -2.29. The highest BCUT2D eigenvalue weighted by molar-refractivity contribution is 5.75. The van der Waals surface area contributed by atoms with Crippen LogP contribution in [0.15, 0.2) is 17.1 Å². The molecule has 1 atom stereocenters. The fourth-order valence-electron chi connectivity index (χ4n) is 0.296. The standard InChI is InChI=1S/C7H14N4O2/c8-5(6(12)13)3-1-2-4-11-7(9)10/h1-2,5H,3-4,8H2,(H,12,13)(H4,9,10,11)/b2-1+/i1D,2D,3D2,4D2. The fraction of sp³-hybridized carbons (Fsp3) is 0.429. The lowest BCUT2D eigenvalue weighted by molar-refractivity contribution is -0.138. The van der Waals surface area contributed by atoms with Crippen LogP contribution in [0.5, 0.6) is 0 Å². The molecule has 0 radical (unpaired) electrons. The molecule has 0 saturated heterocycles. The van der Waals surface area contributed by atoms with Gasteiger partial charge in [0.2, 0.25) is 0 Å². The van der Waals surface area contributed by atoms with Crippen LogP contribution >= 0.6 is 0 Å². The summed E-state index contributed by atoms with van der Waals surface area (Å²) in [6.45, 7) is -2.86. The van der Waals surface area contributed by atoms with Crippen molar-refractivity contribution in [3.63, 3.8) is 0 Å². The predicted molar refractivity (Wildman–Crippen MR) is 50.0 cm³/mol. The van der Waals surface area contributed by atoms with Gasteiger partial charge in [-0.05, 0) is 6.37 Å². The lowest BCUT2D eigenvalue weighted by Gasteiger charge is -1.99. The summed E-state index contributed by atoms with van der Waals surface area (Å²) in [6, 6.07) is -4.60. The second-order valence-corrected chi connectivity index (χ2v) is 1.86. The maximum Gasteiger partial charge on any atom is 0.320 e. The van der Waals surface area contributed by atoms with E-state index >= 15 is 0 Å². The zero-order valence-corrected chi connectivity index (χ0v) is 6.61. The van der Waals surface area contributed by atoms with E-state index in [4.69, 9.17) is 30.5 Å². The van der Waals surface area contributed by atoms with Gasteiger partial charge in [0.05, 0.1) is 12.0 Å². The molecule has 0 heterocycles. The maximum absolute atomic E-state index is 10.6. The topological polar surface area (TPSA) is 128 Å². The molecule has 0 saturated carbocycles. The van der Waals surface area contributed by atoms with Gasteiger partial charge in [0.25, 0.3) is 0 Å². The molecule has 0 spiro atoms. The van der Waals surface area contributed by atoms with Crippen LogP contribution in [0, 0.1) is 0 Å². The molecule has 0 bridgehead atoms. The number of hydrogen-bond acceptors (Lipinski definition) is 3. The first kappa shape index (κ1) is 4.61. The van der Waals surface area contributed by atoms with Gasteiger partial charge in [-0.1, -0.05) is 12.1 Å². The van der Waals surface area contributed by atoms with Gasteiger partial charge < -0.3 is 22.3 Å². The molecule has 0 fully saturated rings. The zero-order valence-electron chi connectivity index (χ0n) is 12.6. The van der Waals surface area contributed by atoms with Crippen molar-refractivity contribution in [1.82, 2.24) is 0 Å². The Morgan fingerprint density at radius 2 is 2.31 bits per heavy atom. The zero-order chi connectivity index (χ0) is 15.6. The van der Waals surface area contributed by atoms with E-state index in [2.05, 4.69) is 4.99 Å². The summed E-state index contributed by atoms with van der Waals surface area (Å²) in [5.41, 5.74) is 14.9. The number of guanidine groups is 1. The van der Waals surface area contributed by atoms with Gasteiger partial charge >= 0.3 is 5.97 Å². The minimum Gasteiger partial charge on any atom is -0.480 e. The molecule has 0 aliphatic rings. The molecule has 74 valence electrons. The van der Waals surface area contributed by atoms with Gasteiger partial charge in [-0.3, -0.25) is 4.79 Å². The van der Waals surface area contributed by atoms with E-state index in [0.29, 0.717) is 0 Å². The summed E-state index contributed by atoms with van der Waals surface area (Å²) in [4.78, 5) is 13.6. The van der Waals surface area contributed by atoms with Crippen molar-refractivity contribution < 1.29 is 18.1 Å². The van der Waals surface area contributed by atoms with Crippen LogP contribution in [0.3, 0.4) is 0 Å². The van der Waals surface area contributed by atoms with Gasteiger partial charge in [0, 0.05) is 2.74 Å². The average Bonchev–Trinajstić information content (AvgIpc) is 2.23. The van der Waals surface area contributed by atoms with Crippen LogP contribution in [-0.2, 0) is 4.79 Å². The van der Waals surface area contributed by atoms with Gasteiger partial charge in [-0.25, -0.2) is 4.99 Å². The van der Waals surface area contributed by atoms with Gasteiger partial charge in [-0.2, -0.15) is 0 Å². The summed E-state index contributed by atoms with van der Waals surface area (Å²) in [5.74, 6) is -2.43. The van der Waals surface area contributed by atoms with Crippen LogP contribution in [0.4, 0.5) is 0 Å². The van der Waals surface area contributed by atoms with Gasteiger partial charge in [-0.15, -0.1) is 0 Å². The molecule has 6 nitrogen and oxygen atoms in total. The van der Waals surface area contributed by atoms with Gasteiger partial charge in [0.1, 0.15) is 6.04 Å². The summed E-state index contributed by atoms with van der Waals surface area (Å²) < 4.78 is 44.2. The Hall–Kier alpha value is -1.56. The van der Waals surface area contributed by atoms with E-state index in [1.165, 1.54) is 0 Å². The summed E-state index contributed by atoms with van der Waals surface area (Å²) in [5, 5.41) is 8.60. The number of aliphatic imine (C=N–C) groups is 1. The third-order valence-electron chi connectivity index (χ3n) is 0.797. The summed E-state index contributed by atoms with van der Waals surface area (Å²) in [6.07, 6.45) is -2.95. The normalized spacial score (nSPS) is 23.2. The number of aliphatic carboxylic acids is 1. The molecular weight excluding hydrogens is 172 g/mol. The highest BCUT2D eigenvalue weighted by atomic mass is 16.4. The number of carboxylic acids is 1. The molecule has 6 heteroatoms. The van der Waals surface area contributed by atoms with Crippen LogP contribution in [0.1, 0.15) is 14.6 Å². The molecular formula is C7H14N4O2. The SMILES string of the molecule is [2H]/C(=C(/[2H])C([2H])([2H])C(N)C(=O)O)C([2H])([2H])N=C(N)N. The van der Waals surface area contributed by atoms with Crippen molar-refractivity contribution in [3.05, 3.63) is 12.1 Å².